The Morgan fingerprint density at radius 2 is 1.93 bits per heavy atom. The van der Waals surface area contributed by atoms with Gasteiger partial charge >= 0.3 is 5.97 Å². The van der Waals surface area contributed by atoms with Crippen LogP contribution >= 0.6 is 0 Å². The lowest BCUT2D eigenvalue weighted by atomic mass is 10.00. The summed E-state index contributed by atoms with van der Waals surface area (Å²) in [5, 5.41) is 0. The summed E-state index contributed by atoms with van der Waals surface area (Å²) >= 11 is 0. The molecule has 0 saturated carbocycles. The highest BCUT2D eigenvalue weighted by Gasteiger charge is 2.29. The van der Waals surface area contributed by atoms with E-state index in [2.05, 4.69) is 9.98 Å². The second-order valence-corrected chi connectivity index (χ2v) is 6.19. The molecule has 5 nitrogen and oxygen atoms in total. The maximum Gasteiger partial charge on any atom is 0.304 e. The van der Waals surface area contributed by atoms with E-state index in [1.54, 1.807) is 42.0 Å². The van der Waals surface area contributed by atoms with Gasteiger partial charge < -0.3 is 4.74 Å². The van der Waals surface area contributed by atoms with Crippen molar-refractivity contribution in [3.05, 3.63) is 82.9 Å². The fourth-order valence-electron chi connectivity index (χ4n) is 3.14. The summed E-state index contributed by atoms with van der Waals surface area (Å²) in [5.41, 5.74) is 2.01. The van der Waals surface area contributed by atoms with Gasteiger partial charge in [0.1, 0.15) is 11.6 Å². The highest BCUT2D eigenvalue weighted by molar-refractivity contribution is 6.15. The zero-order valence-electron chi connectivity index (χ0n) is 14.6. The number of hydrogen-bond acceptors (Lipinski definition) is 4. The van der Waals surface area contributed by atoms with Crippen molar-refractivity contribution in [1.82, 2.24) is 9.55 Å². The average Bonchev–Trinajstić information content (AvgIpc) is 2.96. The number of aryl methyl sites for hydroxylation is 1. The van der Waals surface area contributed by atoms with E-state index in [-0.39, 0.29) is 11.3 Å². The molecule has 0 aliphatic carbocycles. The Kier molecular flexibility index (Phi) is 4.07. The monoisotopic (exact) mass is 367 g/mol. The predicted molar refractivity (Wildman–Crippen MR) is 94.8 cm³/mol. The van der Waals surface area contributed by atoms with Gasteiger partial charge in [0.2, 0.25) is 0 Å². The van der Waals surface area contributed by atoms with Gasteiger partial charge in [0.25, 0.3) is 6.23 Å². The van der Waals surface area contributed by atoms with Crippen LogP contribution in [0.25, 0.3) is 5.69 Å². The molecule has 1 unspecified atom stereocenters. The van der Waals surface area contributed by atoms with Crippen LogP contribution in [0.15, 0.2) is 53.7 Å². The first-order valence-corrected chi connectivity index (χ1v) is 8.30. The minimum atomic E-state index is -1.08. The molecule has 0 amide bonds. The van der Waals surface area contributed by atoms with Crippen LogP contribution in [0.2, 0.25) is 0 Å². The van der Waals surface area contributed by atoms with Gasteiger partial charge in [0.05, 0.1) is 17.1 Å². The minimum absolute atomic E-state index is 0.184. The molecule has 0 N–H and O–H groups in total. The third kappa shape index (κ3) is 3.01. The van der Waals surface area contributed by atoms with E-state index in [1.165, 1.54) is 25.1 Å². The van der Waals surface area contributed by atoms with E-state index in [0.717, 1.165) is 0 Å². The maximum absolute atomic E-state index is 14.5. The Balaban J connectivity index is 2.05. The molecule has 1 atom stereocenters. The number of imidazole rings is 1. The zero-order chi connectivity index (χ0) is 19.1. The highest BCUT2D eigenvalue weighted by atomic mass is 19.1. The van der Waals surface area contributed by atoms with Crippen molar-refractivity contribution in [2.75, 3.05) is 0 Å². The first-order valence-electron chi connectivity index (χ1n) is 8.30. The molecule has 1 aliphatic rings. The fraction of sp³-hybridized carbons (Fsp3) is 0.150. The first-order chi connectivity index (χ1) is 12.9. The van der Waals surface area contributed by atoms with Crippen LogP contribution in [-0.2, 0) is 9.53 Å². The second-order valence-electron chi connectivity index (χ2n) is 6.19. The lowest BCUT2D eigenvalue weighted by Gasteiger charge is -2.12. The van der Waals surface area contributed by atoms with Crippen LogP contribution < -0.4 is 0 Å². The lowest BCUT2D eigenvalue weighted by molar-refractivity contribution is -0.146. The fourth-order valence-corrected chi connectivity index (χ4v) is 3.14. The molecule has 0 spiro atoms. The second kappa shape index (κ2) is 6.42. The number of carbonyl (C=O) groups is 1. The molecular formula is C20H15F2N3O2. The molecule has 1 aliphatic heterocycles. The molecule has 2 aromatic carbocycles. The van der Waals surface area contributed by atoms with Crippen molar-refractivity contribution in [2.45, 2.75) is 20.1 Å². The number of aromatic nitrogens is 2. The van der Waals surface area contributed by atoms with E-state index < -0.39 is 23.8 Å². The molecule has 4 rings (SSSR count). The van der Waals surface area contributed by atoms with Gasteiger partial charge in [-0.15, -0.1) is 0 Å². The molecule has 0 saturated heterocycles. The van der Waals surface area contributed by atoms with Crippen LogP contribution in [0.1, 0.15) is 35.8 Å². The van der Waals surface area contributed by atoms with Crippen molar-refractivity contribution >= 4 is 11.7 Å². The van der Waals surface area contributed by atoms with Crippen molar-refractivity contribution < 1.29 is 18.3 Å². The summed E-state index contributed by atoms with van der Waals surface area (Å²) in [7, 11) is 0. The van der Waals surface area contributed by atoms with Crippen molar-refractivity contribution in [3.8, 4) is 5.69 Å². The van der Waals surface area contributed by atoms with Gasteiger partial charge in [-0.05, 0) is 37.3 Å². The molecule has 7 heteroatoms. The highest BCUT2D eigenvalue weighted by Crippen LogP contribution is 2.32. The molecule has 3 aromatic rings. The summed E-state index contributed by atoms with van der Waals surface area (Å²) in [6.45, 7) is 3.05. The molecule has 136 valence electrons. The molecule has 1 aromatic heterocycles. The number of esters is 1. The number of aliphatic imine (C=N–C) groups is 1. The Morgan fingerprint density at radius 3 is 2.67 bits per heavy atom. The van der Waals surface area contributed by atoms with Crippen LogP contribution in [0, 0.1) is 18.6 Å². The summed E-state index contributed by atoms with van der Waals surface area (Å²) in [6.07, 6.45) is 0.656. The third-order valence-corrected chi connectivity index (χ3v) is 4.20. The number of rotatable bonds is 2. The van der Waals surface area contributed by atoms with Gasteiger partial charge in [0, 0.05) is 24.2 Å². The molecule has 27 heavy (non-hydrogen) atoms. The van der Waals surface area contributed by atoms with Crippen LogP contribution in [0.4, 0.5) is 8.78 Å². The van der Waals surface area contributed by atoms with Gasteiger partial charge in [-0.1, -0.05) is 12.1 Å². The Morgan fingerprint density at radius 1 is 1.15 bits per heavy atom. The van der Waals surface area contributed by atoms with Crippen molar-refractivity contribution in [1.29, 1.82) is 0 Å². The summed E-state index contributed by atoms with van der Waals surface area (Å²) in [6, 6.07) is 10.2. The molecule has 0 bridgehead atoms. The average molecular weight is 367 g/mol. The normalized spacial score (nSPS) is 15.4. The Bertz CT molecular complexity index is 1090. The number of benzene rings is 2. The van der Waals surface area contributed by atoms with E-state index in [9.17, 15) is 13.6 Å². The largest absolute Gasteiger partial charge is 0.432 e. The van der Waals surface area contributed by atoms with Crippen LogP contribution in [0.5, 0.6) is 0 Å². The summed E-state index contributed by atoms with van der Waals surface area (Å²) in [5.74, 6) is -1.19. The number of carbonyl (C=O) groups excluding carboxylic acids is 1. The predicted octanol–water partition coefficient (Wildman–Crippen LogP) is 3.87. The Labute approximate surface area is 154 Å². The van der Waals surface area contributed by atoms with Crippen molar-refractivity contribution in [2.24, 2.45) is 4.99 Å². The van der Waals surface area contributed by atoms with E-state index in [4.69, 9.17) is 4.74 Å². The molecule has 0 radical (unpaired) electrons. The van der Waals surface area contributed by atoms with E-state index in [0.29, 0.717) is 22.8 Å². The van der Waals surface area contributed by atoms with E-state index >= 15 is 0 Å². The summed E-state index contributed by atoms with van der Waals surface area (Å²) < 4.78 is 35.6. The van der Waals surface area contributed by atoms with Crippen LogP contribution in [-0.4, -0.2) is 21.2 Å². The third-order valence-electron chi connectivity index (χ3n) is 4.20. The summed E-state index contributed by atoms with van der Waals surface area (Å²) in [4.78, 5) is 20.5. The number of hydrogen-bond donors (Lipinski definition) is 0. The van der Waals surface area contributed by atoms with Gasteiger partial charge in [0.15, 0.2) is 5.82 Å². The molecule has 0 fully saturated rings. The number of nitrogens with zero attached hydrogens (tertiary/aromatic N) is 3. The first kappa shape index (κ1) is 17.1. The molecular weight excluding hydrogens is 352 g/mol. The smallest absolute Gasteiger partial charge is 0.304 e. The number of halogens is 2. The molecule has 2 heterocycles. The van der Waals surface area contributed by atoms with Gasteiger partial charge in [-0.3, -0.25) is 9.36 Å². The van der Waals surface area contributed by atoms with Crippen LogP contribution in [0.3, 0.4) is 0 Å². The van der Waals surface area contributed by atoms with Gasteiger partial charge in [-0.2, -0.15) is 0 Å². The number of fused-ring (bicyclic) bond motifs is 3. The maximum atomic E-state index is 14.5. The number of ether oxygens (including phenoxy) is 1. The topological polar surface area (TPSA) is 56.5 Å². The van der Waals surface area contributed by atoms with E-state index in [1.807, 2.05) is 0 Å². The quantitative estimate of drug-likeness (QED) is 0.646. The van der Waals surface area contributed by atoms with Crippen molar-refractivity contribution in [3.63, 3.8) is 0 Å². The standard InChI is InChI=1S/C20H15F2N3O2/c1-11-10-25-17-8-7-13(21)9-15(17)18(14-5-3-4-6-16(14)22)24-20(19(25)23-11)27-12(2)26/h3-10,20H,1-2H3. The SMILES string of the molecule is CC(=O)OC1N=C(c2ccccc2F)c2cc(F)ccc2-n2cc(C)nc21. The lowest BCUT2D eigenvalue weighted by Crippen LogP contribution is -2.12. The van der Waals surface area contributed by atoms with Gasteiger partial charge in [-0.25, -0.2) is 18.8 Å². The zero-order valence-corrected chi connectivity index (χ0v) is 14.6. The minimum Gasteiger partial charge on any atom is -0.432 e. The Hall–Kier alpha value is -3.35.